The second kappa shape index (κ2) is 12.6. The number of carbonyl (C=O) groups excluding carboxylic acids is 1. The molecule has 2 fully saturated rings. The van der Waals surface area contributed by atoms with Crippen LogP contribution in [0.25, 0.3) is 0 Å². The number of benzene rings is 2. The number of aromatic nitrogens is 2. The Morgan fingerprint density at radius 1 is 1.14 bits per heavy atom. The molecule has 238 valence electrons. The molecule has 1 unspecified atom stereocenters. The summed E-state index contributed by atoms with van der Waals surface area (Å²) >= 11 is 0. The third-order valence-corrected chi connectivity index (χ3v) is 10.4. The highest BCUT2D eigenvalue weighted by molar-refractivity contribution is 7.89. The molecule has 1 amide bonds. The van der Waals surface area contributed by atoms with Gasteiger partial charge in [-0.15, -0.1) is 12.4 Å². The van der Waals surface area contributed by atoms with Gasteiger partial charge in [-0.05, 0) is 63.6 Å². The van der Waals surface area contributed by atoms with Gasteiger partial charge in [-0.1, -0.05) is 0 Å². The van der Waals surface area contributed by atoms with E-state index >= 15 is 0 Å². The smallest absolute Gasteiger partial charge is 0.258 e. The van der Waals surface area contributed by atoms with Crippen molar-refractivity contribution in [2.24, 2.45) is 0 Å². The number of ether oxygens (including phenoxy) is 1. The second-order valence-corrected chi connectivity index (χ2v) is 13.4. The summed E-state index contributed by atoms with van der Waals surface area (Å²) in [5.41, 5.74) is 1.92. The van der Waals surface area contributed by atoms with Crippen molar-refractivity contribution < 1.29 is 26.7 Å². The van der Waals surface area contributed by atoms with E-state index in [1.54, 1.807) is 19.9 Å². The van der Waals surface area contributed by atoms with Gasteiger partial charge < -0.3 is 25.6 Å². The molecule has 4 N–H and O–H groups in total. The molecule has 2 saturated heterocycles. The molecule has 4 heterocycles. The van der Waals surface area contributed by atoms with E-state index in [9.17, 15) is 22.0 Å². The average molecular weight is 652 g/mol. The molecule has 3 aromatic rings. The predicted octanol–water partition coefficient (Wildman–Crippen LogP) is 3.80. The number of carbonyl (C=O) groups is 1. The first kappa shape index (κ1) is 32.1. The summed E-state index contributed by atoms with van der Waals surface area (Å²) < 4.78 is 61.5. The maximum atomic E-state index is 13.9. The molecule has 1 aromatic heterocycles. The van der Waals surface area contributed by atoms with Crippen molar-refractivity contribution in [3.8, 4) is 0 Å². The molecule has 0 spiro atoms. The molecule has 0 bridgehead atoms. The summed E-state index contributed by atoms with van der Waals surface area (Å²) in [6.07, 6.45) is 2.16. The Hall–Kier alpha value is -3.30. The number of rotatable bonds is 8. The molecule has 44 heavy (non-hydrogen) atoms. The van der Waals surface area contributed by atoms with Crippen molar-refractivity contribution >= 4 is 45.5 Å². The third-order valence-electron chi connectivity index (χ3n) is 8.39. The number of fused-ring (bicyclic) bond motifs is 1. The lowest BCUT2D eigenvalue weighted by molar-refractivity contribution is 0.102. The molecule has 0 aliphatic carbocycles. The van der Waals surface area contributed by atoms with Gasteiger partial charge in [0, 0.05) is 55.2 Å². The number of amides is 1. The van der Waals surface area contributed by atoms with Gasteiger partial charge in [0.25, 0.3) is 5.91 Å². The van der Waals surface area contributed by atoms with Gasteiger partial charge in [0.05, 0.1) is 34.9 Å². The number of H-pyrrole nitrogens is 1. The monoisotopic (exact) mass is 651 g/mol. The minimum absolute atomic E-state index is 0. The Kier molecular flexibility index (Phi) is 9.19. The van der Waals surface area contributed by atoms with E-state index in [0.717, 1.165) is 54.6 Å². The van der Waals surface area contributed by atoms with Crippen LogP contribution >= 0.6 is 12.4 Å². The van der Waals surface area contributed by atoms with E-state index in [0.29, 0.717) is 54.4 Å². The number of sulfonamides is 1. The van der Waals surface area contributed by atoms with Crippen molar-refractivity contribution in [2.45, 2.75) is 49.7 Å². The fourth-order valence-electron chi connectivity index (χ4n) is 6.02. The molecule has 11 nitrogen and oxygen atoms in total. The SMILES string of the molecule is CC1(C)c2[nH]nc(NC(=O)c3ccc(N4CCOCC4)cc3NCC3CCCN3)c2CN1S(=O)(=O)c1cc(F)cc(F)c1.Cl. The predicted molar refractivity (Wildman–Crippen MR) is 165 cm³/mol. The molecular weight excluding hydrogens is 616 g/mol. The van der Waals surface area contributed by atoms with Gasteiger partial charge >= 0.3 is 0 Å². The number of aromatic amines is 1. The lowest BCUT2D eigenvalue weighted by Gasteiger charge is -2.30. The summed E-state index contributed by atoms with van der Waals surface area (Å²) in [5, 5.41) is 17.0. The van der Waals surface area contributed by atoms with E-state index < -0.39 is 38.0 Å². The third kappa shape index (κ3) is 6.13. The summed E-state index contributed by atoms with van der Waals surface area (Å²) in [5.74, 6) is -2.19. The Balaban J connectivity index is 0.00000384. The largest absolute Gasteiger partial charge is 0.383 e. The lowest BCUT2D eigenvalue weighted by atomic mass is 10.0. The van der Waals surface area contributed by atoms with Crippen molar-refractivity contribution in [3.63, 3.8) is 0 Å². The molecule has 1 atom stereocenters. The Morgan fingerprint density at radius 3 is 2.55 bits per heavy atom. The maximum absolute atomic E-state index is 13.9. The molecule has 0 radical (unpaired) electrons. The van der Waals surface area contributed by atoms with E-state index in [-0.39, 0.29) is 24.8 Å². The van der Waals surface area contributed by atoms with Crippen LogP contribution in [0.2, 0.25) is 0 Å². The van der Waals surface area contributed by atoms with Gasteiger partial charge in [-0.25, -0.2) is 17.2 Å². The summed E-state index contributed by atoms with van der Waals surface area (Å²) in [7, 11) is -4.30. The van der Waals surface area contributed by atoms with Crippen molar-refractivity contribution in [1.29, 1.82) is 0 Å². The van der Waals surface area contributed by atoms with E-state index in [1.807, 2.05) is 12.1 Å². The van der Waals surface area contributed by atoms with Crippen LogP contribution in [0.3, 0.4) is 0 Å². The van der Waals surface area contributed by atoms with Crippen LogP contribution in [0.4, 0.5) is 26.0 Å². The first-order valence-electron chi connectivity index (χ1n) is 14.4. The fourth-order valence-corrected chi connectivity index (χ4v) is 7.79. The number of morpholine rings is 1. The minimum Gasteiger partial charge on any atom is -0.383 e. The Labute approximate surface area is 261 Å². The number of nitrogens with one attached hydrogen (secondary N) is 4. The van der Waals surface area contributed by atoms with Gasteiger partial charge in [0.2, 0.25) is 10.0 Å². The van der Waals surface area contributed by atoms with Crippen LogP contribution in [0.5, 0.6) is 0 Å². The molecule has 15 heteroatoms. The zero-order chi connectivity index (χ0) is 30.4. The van der Waals surface area contributed by atoms with Crippen molar-refractivity contribution in [1.82, 2.24) is 19.8 Å². The van der Waals surface area contributed by atoms with Crippen molar-refractivity contribution in [2.75, 3.05) is 54.9 Å². The van der Waals surface area contributed by atoms with Crippen LogP contribution in [-0.2, 0) is 26.8 Å². The zero-order valence-electron chi connectivity index (χ0n) is 24.5. The summed E-state index contributed by atoms with van der Waals surface area (Å²) in [4.78, 5) is 15.4. The first-order valence-corrected chi connectivity index (χ1v) is 15.8. The zero-order valence-corrected chi connectivity index (χ0v) is 26.1. The molecule has 2 aromatic carbocycles. The van der Waals surface area contributed by atoms with Crippen LogP contribution in [-0.4, -0.2) is 74.3 Å². The highest BCUT2D eigenvalue weighted by Gasteiger charge is 2.48. The molecule has 3 aliphatic rings. The van der Waals surface area contributed by atoms with Gasteiger partial charge in [0.1, 0.15) is 11.6 Å². The number of nitrogens with zero attached hydrogens (tertiary/aromatic N) is 3. The quantitative estimate of drug-likeness (QED) is 0.289. The van der Waals surface area contributed by atoms with Crippen LogP contribution in [0.1, 0.15) is 48.3 Å². The topological polar surface area (TPSA) is 132 Å². The standard InChI is InChI=1S/C29H35F2N7O4S.ClH/c1-29(2)26-24(17-38(29)43(40,41)22-13-18(30)12-19(31)14-22)27(36-35-26)34-28(39)23-6-5-21(37-8-10-42-11-9-37)15-25(23)33-16-20-4-3-7-32-20;/h5-6,12-15,20,32-33H,3-4,7-11,16-17H2,1-2H3,(H2,34,35,36,39);1H. The highest BCUT2D eigenvalue weighted by Crippen LogP contribution is 2.44. The second-order valence-electron chi connectivity index (χ2n) is 11.6. The minimum atomic E-state index is -4.30. The Bertz CT molecular complexity index is 1620. The first-order chi connectivity index (χ1) is 20.5. The molecule has 6 rings (SSSR count). The number of hydrogen-bond acceptors (Lipinski definition) is 8. The molecule has 0 saturated carbocycles. The highest BCUT2D eigenvalue weighted by atomic mass is 35.5. The normalized spacial score (nSPS) is 19.8. The number of hydrogen-bond donors (Lipinski definition) is 4. The fraction of sp³-hybridized carbons (Fsp3) is 0.448. The van der Waals surface area contributed by atoms with Crippen LogP contribution < -0.4 is 20.9 Å². The van der Waals surface area contributed by atoms with Crippen LogP contribution in [0, 0.1) is 11.6 Å². The number of halogens is 3. The summed E-state index contributed by atoms with van der Waals surface area (Å²) in [6, 6.07) is 8.16. The van der Waals surface area contributed by atoms with E-state index in [2.05, 4.69) is 31.0 Å². The Morgan fingerprint density at radius 2 is 1.86 bits per heavy atom. The summed E-state index contributed by atoms with van der Waals surface area (Å²) in [6.45, 7) is 7.60. The van der Waals surface area contributed by atoms with Crippen LogP contribution in [0.15, 0.2) is 41.3 Å². The van der Waals surface area contributed by atoms with Gasteiger partial charge in [-0.3, -0.25) is 9.89 Å². The average Bonchev–Trinajstić information content (AvgIpc) is 3.70. The number of anilines is 3. The van der Waals surface area contributed by atoms with Gasteiger partial charge in [-0.2, -0.15) is 9.40 Å². The van der Waals surface area contributed by atoms with E-state index in [1.165, 1.54) is 0 Å². The molecule has 3 aliphatic heterocycles. The van der Waals surface area contributed by atoms with Gasteiger partial charge in [0.15, 0.2) is 5.82 Å². The maximum Gasteiger partial charge on any atom is 0.258 e. The molecular formula is C29H36ClF2N7O4S. The van der Waals surface area contributed by atoms with E-state index in [4.69, 9.17) is 4.74 Å². The lowest BCUT2D eigenvalue weighted by Crippen LogP contribution is -2.40. The van der Waals surface area contributed by atoms with Crippen molar-refractivity contribution in [3.05, 3.63) is 64.9 Å².